The van der Waals surface area contributed by atoms with E-state index in [1.165, 1.54) is 0 Å². The quantitative estimate of drug-likeness (QED) is 0.872. The Balaban J connectivity index is 2.13. The van der Waals surface area contributed by atoms with E-state index in [1.54, 1.807) is 12.1 Å². The van der Waals surface area contributed by atoms with E-state index in [2.05, 4.69) is 17.2 Å². The van der Waals surface area contributed by atoms with Gasteiger partial charge in [0.2, 0.25) is 0 Å². The molecular weight excluding hydrogens is 268 g/mol. The highest BCUT2D eigenvalue weighted by Gasteiger charge is 2.27. The average molecular weight is 292 g/mol. The molecule has 1 aliphatic heterocycles. The fraction of sp³-hybridized carbons (Fsp3) is 0.625. The molecule has 0 unspecified atom stereocenters. The van der Waals surface area contributed by atoms with Crippen LogP contribution in [0, 0.1) is 5.41 Å². The van der Waals surface area contributed by atoms with Crippen LogP contribution < -0.4 is 5.32 Å². The number of nitrogens with one attached hydrogen (secondary N) is 1. The molecule has 1 aromatic rings. The lowest BCUT2D eigenvalue weighted by Gasteiger charge is -2.33. The number of hydrogen-bond acceptors (Lipinski definition) is 4. The van der Waals surface area contributed by atoms with E-state index in [9.17, 15) is 9.90 Å². The van der Waals surface area contributed by atoms with Crippen LogP contribution in [0.4, 0.5) is 5.82 Å². The molecule has 0 atom stereocenters. The molecule has 2 rings (SSSR count). The zero-order valence-electron chi connectivity index (χ0n) is 13.0. The molecule has 1 fully saturated rings. The highest BCUT2D eigenvalue weighted by Crippen LogP contribution is 2.30. The number of carbonyl (C=O) groups is 1. The first-order valence-electron chi connectivity index (χ1n) is 7.46. The van der Waals surface area contributed by atoms with Gasteiger partial charge in [0.15, 0.2) is 0 Å². The molecule has 0 bridgehead atoms. The first kappa shape index (κ1) is 15.8. The van der Waals surface area contributed by atoms with Gasteiger partial charge in [0.1, 0.15) is 5.82 Å². The smallest absolute Gasteiger partial charge is 0.335 e. The molecule has 1 aromatic heterocycles. The predicted molar refractivity (Wildman–Crippen MR) is 81.9 cm³/mol. The summed E-state index contributed by atoms with van der Waals surface area (Å²) >= 11 is 0. The lowest BCUT2D eigenvalue weighted by Crippen LogP contribution is -2.33. The number of aromatic nitrogens is 1. The van der Waals surface area contributed by atoms with E-state index in [-0.39, 0.29) is 16.9 Å². The molecule has 0 radical (unpaired) electrons. The molecule has 5 heteroatoms. The summed E-state index contributed by atoms with van der Waals surface area (Å²) in [5, 5.41) is 12.5. The summed E-state index contributed by atoms with van der Waals surface area (Å²) in [6.45, 7) is 8.61. The van der Waals surface area contributed by atoms with Crippen LogP contribution in [-0.4, -0.2) is 35.8 Å². The molecule has 1 saturated heterocycles. The molecular formula is C16H24N2O3. The molecule has 2 N–H and O–H groups in total. The second-order valence-corrected chi connectivity index (χ2v) is 6.40. The molecule has 0 spiro atoms. The number of nitrogens with zero attached hydrogens (tertiary/aromatic N) is 1. The van der Waals surface area contributed by atoms with Crippen LogP contribution in [0.3, 0.4) is 0 Å². The minimum atomic E-state index is -0.917. The number of carboxylic acids is 1. The van der Waals surface area contributed by atoms with E-state index in [0.29, 0.717) is 5.82 Å². The molecule has 2 heterocycles. The zero-order valence-corrected chi connectivity index (χ0v) is 13.0. The molecule has 0 aromatic carbocycles. The van der Waals surface area contributed by atoms with E-state index >= 15 is 0 Å². The fourth-order valence-corrected chi connectivity index (χ4v) is 2.41. The van der Waals surface area contributed by atoms with E-state index < -0.39 is 5.97 Å². The van der Waals surface area contributed by atoms with Crippen molar-refractivity contribution in [2.24, 2.45) is 5.41 Å². The topological polar surface area (TPSA) is 71.5 Å². The highest BCUT2D eigenvalue weighted by molar-refractivity contribution is 5.88. The summed E-state index contributed by atoms with van der Waals surface area (Å²) in [6.07, 6.45) is 2.02. The maximum Gasteiger partial charge on any atom is 0.335 e. The van der Waals surface area contributed by atoms with Crippen LogP contribution in [0.5, 0.6) is 0 Å². The number of carboxylic acid groups (broad SMARTS) is 1. The van der Waals surface area contributed by atoms with Crippen LogP contribution in [0.25, 0.3) is 0 Å². The Hall–Kier alpha value is -1.62. The van der Waals surface area contributed by atoms with E-state index in [1.807, 2.05) is 13.8 Å². The van der Waals surface area contributed by atoms with Gasteiger partial charge in [-0.1, -0.05) is 20.8 Å². The third-order valence-electron chi connectivity index (χ3n) is 4.08. The summed E-state index contributed by atoms with van der Waals surface area (Å²) in [5.41, 5.74) is 1.26. The van der Waals surface area contributed by atoms with Gasteiger partial charge in [-0.15, -0.1) is 0 Å². The van der Waals surface area contributed by atoms with Crippen LogP contribution in [-0.2, 0) is 4.74 Å². The summed E-state index contributed by atoms with van der Waals surface area (Å²) < 4.78 is 5.40. The van der Waals surface area contributed by atoms with Gasteiger partial charge in [-0.2, -0.15) is 0 Å². The largest absolute Gasteiger partial charge is 0.478 e. The lowest BCUT2D eigenvalue weighted by molar-refractivity contribution is 0.0300. The maximum atomic E-state index is 11.2. The molecule has 116 valence electrons. The monoisotopic (exact) mass is 292 g/mol. The first-order chi connectivity index (χ1) is 9.89. The van der Waals surface area contributed by atoms with Gasteiger partial charge in [-0.3, -0.25) is 0 Å². The Morgan fingerprint density at radius 1 is 1.43 bits per heavy atom. The van der Waals surface area contributed by atoms with Crippen LogP contribution >= 0.6 is 0 Å². The van der Waals surface area contributed by atoms with Crippen LogP contribution in [0.15, 0.2) is 12.1 Å². The Morgan fingerprint density at radius 2 is 2.10 bits per heavy atom. The lowest BCUT2D eigenvalue weighted by atomic mass is 9.82. The number of hydrogen-bond donors (Lipinski definition) is 2. The van der Waals surface area contributed by atoms with E-state index in [4.69, 9.17) is 4.74 Å². The van der Waals surface area contributed by atoms with Crippen LogP contribution in [0.1, 0.15) is 55.6 Å². The van der Waals surface area contributed by atoms with Gasteiger partial charge >= 0.3 is 5.97 Å². The summed E-state index contributed by atoms with van der Waals surface area (Å²) in [5.74, 6) is -0.0746. The van der Waals surface area contributed by atoms with Crippen molar-refractivity contribution in [3.63, 3.8) is 0 Å². The minimum Gasteiger partial charge on any atom is -0.478 e. The van der Waals surface area contributed by atoms with E-state index in [0.717, 1.165) is 38.3 Å². The predicted octanol–water partition coefficient (Wildman–Crippen LogP) is 3.13. The third-order valence-corrected chi connectivity index (χ3v) is 4.08. The second-order valence-electron chi connectivity index (χ2n) is 6.40. The average Bonchev–Trinajstić information content (AvgIpc) is 2.45. The molecule has 5 nitrogen and oxygen atoms in total. The normalized spacial score (nSPS) is 17.7. The number of aromatic carboxylic acids is 1. The highest BCUT2D eigenvalue weighted by atomic mass is 16.5. The van der Waals surface area contributed by atoms with Gasteiger partial charge in [0.25, 0.3) is 0 Å². The third kappa shape index (κ3) is 4.17. The SMILES string of the molecule is CC(C)c1cc(C(=O)O)cc(NCC2(C)CCOCC2)n1. The second kappa shape index (κ2) is 6.43. The molecule has 21 heavy (non-hydrogen) atoms. The standard InChI is InChI=1S/C16H24N2O3/c1-11(2)13-8-12(15(19)20)9-14(18-13)17-10-16(3)4-6-21-7-5-16/h8-9,11H,4-7,10H2,1-3H3,(H,17,18)(H,19,20). The number of pyridine rings is 1. The molecule has 0 saturated carbocycles. The Kier molecular flexibility index (Phi) is 4.83. The Labute approximate surface area is 125 Å². The minimum absolute atomic E-state index is 0.178. The van der Waals surface area contributed by atoms with Crippen molar-refractivity contribution in [1.29, 1.82) is 0 Å². The van der Waals surface area contributed by atoms with Gasteiger partial charge in [0.05, 0.1) is 5.56 Å². The summed E-state index contributed by atoms with van der Waals surface area (Å²) in [4.78, 5) is 15.7. The van der Waals surface area contributed by atoms with Crippen LogP contribution in [0.2, 0.25) is 0 Å². The Morgan fingerprint density at radius 3 is 2.67 bits per heavy atom. The zero-order chi connectivity index (χ0) is 15.5. The van der Waals surface area contributed by atoms with Crippen molar-refractivity contribution in [2.75, 3.05) is 25.1 Å². The molecule has 0 amide bonds. The first-order valence-corrected chi connectivity index (χ1v) is 7.46. The van der Waals surface area contributed by atoms with Gasteiger partial charge in [0, 0.05) is 25.5 Å². The summed E-state index contributed by atoms with van der Waals surface area (Å²) in [6, 6.07) is 3.26. The fourth-order valence-electron chi connectivity index (χ4n) is 2.41. The van der Waals surface area contributed by atoms with Crippen molar-refractivity contribution in [3.8, 4) is 0 Å². The summed E-state index contributed by atoms with van der Waals surface area (Å²) in [7, 11) is 0. The van der Waals surface area contributed by atoms with Crippen molar-refractivity contribution in [2.45, 2.75) is 39.5 Å². The van der Waals surface area contributed by atoms with Crippen molar-refractivity contribution >= 4 is 11.8 Å². The van der Waals surface area contributed by atoms with Crippen molar-refractivity contribution in [3.05, 3.63) is 23.4 Å². The van der Waals surface area contributed by atoms with Gasteiger partial charge in [-0.05, 0) is 36.3 Å². The number of ether oxygens (including phenoxy) is 1. The number of anilines is 1. The van der Waals surface area contributed by atoms with Gasteiger partial charge in [-0.25, -0.2) is 9.78 Å². The van der Waals surface area contributed by atoms with Crippen molar-refractivity contribution < 1.29 is 14.6 Å². The Bertz CT molecular complexity index is 508. The van der Waals surface area contributed by atoms with Gasteiger partial charge < -0.3 is 15.2 Å². The number of rotatable bonds is 5. The maximum absolute atomic E-state index is 11.2. The molecule has 0 aliphatic carbocycles. The van der Waals surface area contributed by atoms with Crippen molar-refractivity contribution in [1.82, 2.24) is 4.98 Å². The molecule has 1 aliphatic rings.